The van der Waals surface area contributed by atoms with Gasteiger partial charge in [0.05, 0.1) is 5.39 Å². The number of benzene rings is 3. The summed E-state index contributed by atoms with van der Waals surface area (Å²) in [5, 5.41) is 3.53. The molecule has 2 heterocycles. The molecule has 34 heavy (non-hydrogen) atoms. The second-order valence-corrected chi connectivity index (χ2v) is 9.04. The highest BCUT2D eigenvalue weighted by molar-refractivity contribution is 6.04. The lowest BCUT2D eigenvalue weighted by molar-refractivity contribution is 0.102. The number of carbonyl (C=O) groups excluding carboxylic acids is 1. The van der Waals surface area contributed by atoms with Crippen molar-refractivity contribution in [2.24, 2.45) is 0 Å². The second-order valence-electron chi connectivity index (χ2n) is 9.04. The zero-order valence-corrected chi connectivity index (χ0v) is 19.3. The summed E-state index contributed by atoms with van der Waals surface area (Å²) in [4.78, 5) is 27.7. The van der Waals surface area contributed by atoms with Crippen molar-refractivity contribution in [3.8, 4) is 11.3 Å². The van der Waals surface area contributed by atoms with Crippen molar-refractivity contribution < 1.29 is 9.21 Å². The molecule has 1 aromatic heterocycles. The first-order chi connectivity index (χ1) is 16.5. The average molecular weight is 453 g/mol. The summed E-state index contributed by atoms with van der Waals surface area (Å²) in [7, 11) is 0. The van der Waals surface area contributed by atoms with Crippen molar-refractivity contribution in [2.75, 3.05) is 18.4 Å². The molecule has 0 bridgehead atoms. The van der Waals surface area contributed by atoms with Gasteiger partial charge in [-0.1, -0.05) is 42.3 Å². The number of rotatable bonds is 5. The molecule has 1 aliphatic rings. The van der Waals surface area contributed by atoms with Gasteiger partial charge < -0.3 is 9.73 Å². The Kier molecular flexibility index (Phi) is 6.28. The van der Waals surface area contributed by atoms with E-state index in [9.17, 15) is 9.59 Å². The molecule has 3 aromatic carbocycles. The fourth-order valence-electron chi connectivity index (χ4n) is 4.47. The number of carbonyl (C=O) groups is 1. The van der Waals surface area contributed by atoms with Gasteiger partial charge in [0.1, 0.15) is 11.3 Å². The number of fused-ring (bicyclic) bond motifs is 1. The highest BCUT2D eigenvalue weighted by Gasteiger charge is 2.12. The lowest BCUT2D eigenvalue weighted by atomic mass is 10.1. The van der Waals surface area contributed by atoms with E-state index in [1.54, 1.807) is 24.3 Å². The van der Waals surface area contributed by atoms with Gasteiger partial charge in [-0.15, -0.1) is 0 Å². The molecule has 4 aromatic rings. The average Bonchev–Trinajstić information content (AvgIpc) is 2.86. The van der Waals surface area contributed by atoms with Crippen LogP contribution < -0.4 is 10.7 Å². The molecule has 1 N–H and O–H groups in total. The summed E-state index contributed by atoms with van der Waals surface area (Å²) in [5.41, 5.74) is 4.81. The lowest BCUT2D eigenvalue weighted by Crippen LogP contribution is -2.29. The smallest absolute Gasteiger partial charge is 0.255 e. The van der Waals surface area contributed by atoms with Crippen LogP contribution in [0.4, 0.5) is 5.69 Å². The third-order valence-corrected chi connectivity index (χ3v) is 6.38. The van der Waals surface area contributed by atoms with Crippen LogP contribution in [0, 0.1) is 6.92 Å². The van der Waals surface area contributed by atoms with Crippen LogP contribution >= 0.6 is 0 Å². The van der Waals surface area contributed by atoms with E-state index in [2.05, 4.69) is 22.3 Å². The molecule has 0 saturated carbocycles. The van der Waals surface area contributed by atoms with Crippen molar-refractivity contribution in [1.82, 2.24) is 4.90 Å². The Morgan fingerprint density at radius 2 is 1.65 bits per heavy atom. The number of anilines is 1. The SMILES string of the molecule is Cc1ccc2oc(-c3ccc(C(=O)Nc4ccc(CN5CCCCC5)cc4)cc3)cc(=O)c2c1. The van der Waals surface area contributed by atoms with E-state index >= 15 is 0 Å². The molecule has 0 spiro atoms. The summed E-state index contributed by atoms with van der Waals surface area (Å²) < 4.78 is 5.94. The lowest BCUT2D eigenvalue weighted by Gasteiger charge is -2.26. The van der Waals surface area contributed by atoms with E-state index in [4.69, 9.17) is 4.42 Å². The Hall–Kier alpha value is -3.70. The largest absolute Gasteiger partial charge is 0.456 e. The fraction of sp³-hybridized carbons (Fsp3) is 0.241. The zero-order chi connectivity index (χ0) is 23.5. The molecule has 172 valence electrons. The summed E-state index contributed by atoms with van der Waals surface area (Å²) in [5.74, 6) is 0.309. The van der Waals surface area contributed by atoms with E-state index in [0.717, 1.165) is 36.4 Å². The molecular formula is C29H28N2O3. The molecule has 1 amide bonds. The van der Waals surface area contributed by atoms with Gasteiger partial charge in [0.25, 0.3) is 5.91 Å². The van der Waals surface area contributed by atoms with Gasteiger partial charge in [-0.05, 0) is 74.8 Å². The molecular weight excluding hydrogens is 424 g/mol. The zero-order valence-electron chi connectivity index (χ0n) is 19.3. The Bertz CT molecular complexity index is 1370. The van der Waals surface area contributed by atoms with Crippen LogP contribution in [0.15, 0.2) is 82.0 Å². The van der Waals surface area contributed by atoms with Crippen LogP contribution in [0.1, 0.15) is 40.7 Å². The van der Waals surface area contributed by atoms with Gasteiger partial charge in [-0.2, -0.15) is 0 Å². The summed E-state index contributed by atoms with van der Waals surface area (Å²) >= 11 is 0. The monoisotopic (exact) mass is 452 g/mol. The third kappa shape index (κ3) is 4.95. The van der Waals surface area contributed by atoms with Gasteiger partial charge in [0.2, 0.25) is 0 Å². The van der Waals surface area contributed by atoms with E-state index in [-0.39, 0.29) is 11.3 Å². The number of hydrogen-bond donors (Lipinski definition) is 1. The number of aryl methyl sites for hydroxylation is 1. The maximum absolute atomic E-state index is 12.7. The number of nitrogens with one attached hydrogen (secondary N) is 1. The second kappa shape index (κ2) is 9.65. The van der Waals surface area contributed by atoms with E-state index in [0.29, 0.717) is 22.3 Å². The number of hydrogen-bond acceptors (Lipinski definition) is 4. The van der Waals surface area contributed by atoms with Gasteiger partial charge >= 0.3 is 0 Å². The van der Waals surface area contributed by atoms with Crippen molar-refractivity contribution in [3.63, 3.8) is 0 Å². The summed E-state index contributed by atoms with van der Waals surface area (Å²) in [6.07, 6.45) is 3.89. The standard InChI is InChI=1S/C29H28N2O3/c1-20-5-14-27-25(17-20)26(32)18-28(34-27)22-8-10-23(11-9-22)29(33)30-24-12-6-21(7-13-24)19-31-15-3-2-4-16-31/h5-14,17-18H,2-4,15-16,19H2,1H3,(H,30,33). The van der Waals surface area contributed by atoms with Crippen LogP contribution in [-0.2, 0) is 6.54 Å². The highest BCUT2D eigenvalue weighted by Crippen LogP contribution is 2.23. The molecule has 0 unspecified atom stereocenters. The van der Waals surface area contributed by atoms with E-state index < -0.39 is 0 Å². The van der Waals surface area contributed by atoms with Gasteiger partial charge in [-0.3, -0.25) is 14.5 Å². The maximum Gasteiger partial charge on any atom is 0.255 e. The normalized spacial score (nSPS) is 14.3. The molecule has 5 nitrogen and oxygen atoms in total. The van der Waals surface area contributed by atoms with Gasteiger partial charge in [0, 0.05) is 29.4 Å². The molecule has 0 radical (unpaired) electrons. The minimum atomic E-state index is -0.175. The maximum atomic E-state index is 12.7. The van der Waals surface area contributed by atoms with Crippen LogP contribution in [-0.4, -0.2) is 23.9 Å². The van der Waals surface area contributed by atoms with E-state index in [1.807, 2.05) is 37.3 Å². The van der Waals surface area contributed by atoms with Crippen molar-refractivity contribution in [1.29, 1.82) is 0 Å². The predicted octanol–water partition coefficient (Wildman–Crippen LogP) is 6.01. The Morgan fingerprint density at radius 3 is 2.38 bits per heavy atom. The van der Waals surface area contributed by atoms with Gasteiger partial charge in [0.15, 0.2) is 5.43 Å². The van der Waals surface area contributed by atoms with Crippen LogP contribution in [0.25, 0.3) is 22.3 Å². The predicted molar refractivity (Wildman–Crippen MR) is 136 cm³/mol. The number of piperidine rings is 1. The molecule has 5 heteroatoms. The first-order valence-corrected chi connectivity index (χ1v) is 11.8. The van der Waals surface area contributed by atoms with Crippen molar-refractivity contribution in [3.05, 3.63) is 99.7 Å². The summed E-state index contributed by atoms with van der Waals surface area (Å²) in [6, 6.07) is 22.2. The minimum absolute atomic E-state index is 0.0782. The minimum Gasteiger partial charge on any atom is -0.456 e. The van der Waals surface area contributed by atoms with Crippen LogP contribution in [0.2, 0.25) is 0 Å². The molecule has 0 atom stereocenters. The molecule has 1 saturated heterocycles. The first kappa shape index (κ1) is 22.1. The van der Waals surface area contributed by atoms with Crippen molar-refractivity contribution >= 4 is 22.6 Å². The van der Waals surface area contributed by atoms with Gasteiger partial charge in [-0.25, -0.2) is 0 Å². The Labute approximate surface area is 199 Å². The highest BCUT2D eigenvalue weighted by atomic mass is 16.3. The Balaban J connectivity index is 1.26. The fourth-order valence-corrected chi connectivity index (χ4v) is 4.47. The number of nitrogens with zero attached hydrogens (tertiary/aromatic N) is 1. The van der Waals surface area contributed by atoms with E-state index in [1.165, 1.54) is 30.9 Å². The molecule has 1 aliphatic heterocycles. The topological polar surface area (TPSA) is 62.6 Å². The number of amides is 1. The van der Waals surface area contributed by atoms with Crippen LogP contribution in [0.3, 0.4) is 0 Å². The molecule has 1 fully saturated rings. The van der Waals surface area contributed by atoms with Crippen LogP contribution in [0.5, 0.6) is 0 Å². The third-order valence-electron chi connectivity index (χ3n) is 6.38. The molecule has 0 aliphatic carbocycles. The van der Waals surface area contributed by atoms with Crippen molar-refractivity contribution in [2.45, 2.75) is 32.7 Å². The quantitative estimate of drug-likeness (QED) is 0.403. The first-order valence-electron chi connectivity index (χ1n) is 11.8. The molecule has 5 rings (SSSR count). The Morgan fingerprint density at radius 1 is 0.912 bits per heavy atom. The number of likely N-dealkylation sites (tertiary alicyclic amines) is 1. The summed E-state index contributed by atoms with van der Waals surface area (Å²) in [6.45, 7) is 5.23.